The monoisotopic (exact) mass is 168 g/mol. The zero-order valence-corrected chi connectivity index (χ0v) is 5.48. The molecule has 0 fully saturated rings. The van der Waals surface area contributed by atoms with E-state index in [0.29, 0.717) is 10.7 Å². The van der Waals surface area contributed by atoms with Gasteiger partial charge in [0.2, 0.25) is 5.95 Å². The van der Waals surface area contributed by atoms with Gasteiger partial charge in [0, 0.05) is 13.1 Å². The first-order valence-electron chi connectivity index (χ1n) is 2.68. The quantitative estimate of drug-likeness (QED) is 0.537. The molecule has 2 nitrogen and oxygen atoms in total. The topological polar surface area (TPSA) is 17.8 Å². The highest BCUT2D eigenvalue weighted by molar-refractivity contribution is 5.04. The van der Waals surface area contributed by atoms with E-state index in [2.05, 4.69) is 5.10 Å². The lowest BCUT2D eigenvalue weighted by Gasteiger charge is -1.98. The third kappa shape index (κ3) is 1.50. The van der Waals surface area contributed by atoms with E-state index in [0.717, 1.165) is 7.05 Å². The molecule has 0 spiro atoms. The SMILES string of the molecule is Cn1nc(C(F)(F)F)cc1F. The lowest BCUT2D eigenvalue weighted by Crippen LogP contribution is -2.06. The Kier molecular flexibility index (Phi) is 1.62. The van der Waals surface area contributed by atoms with Gasteiger partial charge in [-0.2, -0.15) is 22.7 Å². The molecule has 0 saturated carbocycles. The van der Waals surface area contributed by atoms with Crippen molar-refractivity contribution in [3.05, 3.63) is 17.7 Å². The summed E-state index contributed by atoms with van der Waals surface area (Å²) < 4.78 is 48.0. The Balaban J connectivity index is 3.08. The summed E-state index contributed by atoms with van der Waals surface area (Å²) in [6.07, 6.45) is -4.57. The van der Waals surface area contributed by atoms with Gasteiger partial charge < -0.3 is 0 Å². The van der Waals surface area contributed by atoms with E-state index in [9.17, 15) is 17.6 Å². The molecular weight excluding hydrogens is 164 g/mol. The van der Waals surface area contributed by atoms with Gasteiger partial charge in [-0.25, -0.2) is 4.68 Å². The van der Waals surface area contributed by atoms with Crippen molar-refractivity contribution in [2.75, 3.05) is 0 Å². The average molecular weight is 168 g/mol. The van der Waals surface area contributed by atoms with Gasteiger partial charge in [-0.1, -0.05) is 0 Å². The molecule has 1 aromatic heterocycles. The molecule has 0 amide bonds. The summed E-state index contributed by atoms with van der Waals surface area (Å²) in [6.45, 7) is 0. The van der Waals surface area contributed by atoms with Crippen LogP contribution < -0.4 is 0 Å². The number of nitrogens with zero attached hydrogens (tertiary/aromatic N) is 2. The van der Waals surface area contributed by atoms with Gasteiger partial charge in [-0.05, 0) is 0 Å². The smallest absolute Gasteiger partial charge is 0.242 e. The Bertz CT molecular complexity index is 242. The second-order valence-corrected chi connectivity index (χ2v) is 1.97. The molecule has 0 atom stereocenters. The molecule has 0 saturated heterocycles. The fraction of sp³-hybridized carbons (Fsp3) is 0.400. The van der Waals surface area contributed by atoms with Crippen LogP contribution in [0.2, 0.25) is 0 Å². The van der Waals surface area contributed by atoms with Gasteiger partial charge >= 0.3 is 6.18 Å². The number of rotatable bonds is 0. The van der Waals surface area contributed by atoms with Gasteiger partial charge in [0.1, 0.15) is 0 Å². The molecule has 6 heteroatoms. The molecule has 1 aromatic rings. The zero-order chi connectivity index (χ0) is 8.65. The van der Waals surface area contributed by atoms with Gasteiger partial charge in [0.05, 0.1) is 0 Å². The van der Waals surface area contributed by atoms with E-state index in [1.807, 2.05) is 0 Å². The van der Waals surface area contributed by atoms with Crippen LogP contribution in [0.25, 0.3) is 0 Å². The summed E-state index contributed by atoms with van der Waals surface area (Å²) in [4.78, 5) is 0. The van der Waals surface area contributed by atoms with E-state index in [1.165, 1.54) is 0 Å². The lowest BCUT2D eigenvalue weighted by atomic mass is 10.4. The highest BCUT2D eigenvalue weighted by atomic mass is 19.4. The number of alkyl halides is 3. The van der Waals surface area contributed by atoms with Crippen LogP contribution in [-0.4, -0.2) is 9.78 Å². The fourth-order valence-corrected chi connectivity index (χ4v) is 0.583. The highest BCUT2D eigenvalue weighted by Gasteiger charge is 2.34. The minimum absolute atomic E-state index is 0.347. The fourth-order valence-electron chi connectivity index (χ4n) is 0.583. The first-order chi connectivity index (χ1) is 4.91. The summed E-state index contributed by atoms with van der Waals surface area (Å²) in [5.74, 6) is -1.00. The Morgan fingerprint density at radius 3 is 2.18 bits per heavy atom. The van der Waals surface area contributed by atoms with Crippen molar-refractivity contribution < 1.29 is 17.6 Å². The molecule has 0 N–H and O–H groups in total. The zero-order valence-electron chi connectivity index (χ0n) is 5.48. The minimum atomic E-state index is -4.57. The second kappa shape index (κ2) is 2.21. The minimum Gasteiger partial charge on any atom is -0.242 e. The van der Waals surface area contributed by atoms with Crippen molar-refractivity contribution >= 4 is 0 Å². The molecule has 0 aromatic carbocycles. The van der Waals surface area contributed by atoms with E-state index in [1.54, 1.807) is 0 Å². The third-order valence-electron chi connectivity index (χ3n) is 1.11. The normalized spacial score (nSPS) is 12.1. The maximum Gasteiger partial charge on any atom is 0.435 e. The molecule has 11 heavy (non-hydrogen) atoms. The second-order valence-electron chi connectivity index (χ2n) is 1.97. The van der Waals surface area contributed by atoms with Gasteiger partial charge in [0.15, 0.2) is 5.69 Å². The maximum atomic E-state index is 12.3. The Morgan fingerprint density at radius 1 is 1.45 bits per heavy atom. The predicted molar refractivity (Wildman–Crippen MR) is 28.2 cm³/mol. The van der Waals surface area contributed by atoms with E-state index < -0.39 is 17.8 Å². The van der Waals surface area contributed by atoms with Crippen molar-refractivity contribution in [3.63, 3.8) is 0 Å². The molecule has 0 aliphatic heterocycles. The predicted octanol–water partition coefficient (Wildman–Crippen LogP) is 1.58. The lowest BCUT2D eigenvalue weighted by molar-refractivity contribution is -0.141. The van der Waals surface area contributed by atoms with Crippen LogP contribution in [-0.2, 0) is 13.2 Å². The molecule has 0 unspecified atom stereocenters. The van der Waals surface area contributed by atoms with Crippen molar-refractivity contribution in [1.29, 1.82) is 0 Å². The Hall–Kier alpha value is -1.07. The molecule has 62 valence electrons. The number of aryl methyl sites for hydroxylation is 1. The molecule has 0 aliphatic carbocycles. The Labute approximate surface area is 59.4 Å². The summed E-state index contributed by atoms with van der Waals surface area (Å²) in [5, 5.41) is 2.90. The van der Waals surface area contributed by atoms with Crippen LogP contribution in [0.15, 0.2) is 6.07 Å². The van der Waals surface area contributed by atoms with Crippen LogP contribution in [0.4, 0.5) is 17.6 Å². The molecule has 0 aliphatic rings. The summed E-state index contributed by atoms with van der Waals surface area (Å²) in [5.41, 5.74) is -1.21. The van der Waals surface area contributed by atoms with Crippen molar-refractivity contribution in [1.82, 2.24) is 9.78 Å². The summed E-state index contributed by atoms with van der Waals surface area (Å²) >= 11 is 0. The maximum absolute atomic E-state index is 12.3. The van der Waals surface area contributed by atoms with Crippen LogP contribution in [0.1, 0.15) is 5.69 Å². The van der Waals surface area contributed by atoms with E-state index >= 15 is 0 Å². The third-order valence-corrected chi connectivity index (χ3v) is 1.11. The van der Waals surface area contributed by atoms with Crippen LogP contribution in [0, 0.1) is 5.95 Å². The van der Waals surface area contributed by atoms with Crippen LogP contribution in [0.5, 0.6) is 0 Å². The van der Waals surface area contributed by atoms with Crippen LogP contribution >= 0.6 is 0 Å². The van der Waals surface area contributed by atoms with Crippen LogP contribution in [0.3, 0.4) is 0 Å². The Morgan fingerprint density at radius 2 is 2.00 bits per heavy atom. The van der Waals surface area contributed by atoms with Gasteiger partial charge in [-0.3, -0.25) is 0 Å². The van der Waals surface area contributed by atoms with Crippen molar-refractivity contribution in [2.24, 2.45) is 7.05 Å². The summed E-state index contributed by atoms with van der Waals surface area (Å²) in [7, 11) is 1.10. The first-order valence-corrected chi connectivity index (χ1v) is 2.68. The molecule has 0 radical (unpaired) electrons. The van der Waals surface area contributed by atoms with E-state index in [4.69, 9.17) is 0 Å². The number of hydrogen-bond donors (Lipinski definition) is 0. The first kappa shape index (κ1) is 8.03. The standard InChI is InChI=1S/C5H4F4N2/c1-11-4(6)2-3(10-11)5(7,8)9/h2H,1H3. The highest BCUT2D eigenvalue weighted by Crippen LogP contribution is 2.27. The number of halogens is 4. The molecule has 1 rings (SSSR count). The average Bonchev–Trinajstić information content (AvgIpc) is 2.11. The van der Waals surface area contributed by atoms with Crippen molar-refractivity contribution in [3.8, 4) is 0 Å². The number of aromatic nitrogens is 2. The van der Waals surface area contributed by atoms with Gasteiger partial charge in [-0.15, -0.1) is 0 Å². The number of hydrogen-bond acceptors (Lipinski definition) is 1. The largest absolute Gasteiger partial charge is 0.435 e. The van der Waals surface area contributed by atoms with Gasteiger partial charge in [0.25, 0.3) is 0 Å². The summed E-state index contributed by atoms with van der Waals surface area (Å²) in [6, 6.07) is 0.347. The molecule has 0 bridgehead atoms. The molecule has 1 heterocycles. The van der Waals surface area contributed by atoms with Crippen molar-refractivity contribution in [2.45, 2.75) is 6.18 Å². The molecular formula is C5H4F4N2. The van der Waals surface area contributed by atoms with E-state index in [-0.39, 0.29) is 0 Å².